The zero-order valence-corrected chi connectivity index (χ0v) is 9.49. The molecule has 0 amide bonds. The van der Waals surface area contributed by atoms with Crippen LogP contribution < -0.4 is 0 Å². The summed E-state index contributed by atoms with van der Waals surface area (Å²) < 4.78 is 2.00. The minimum atomic E-state index is -0.559. The number of hydrogen-bond donors (Lipinski definition) is 1. The lowest BCUT2D eigenvalue weighted by atomic mass is 10.3. The van der Waals surface area contributed by atoms with Gasteiger partial charge in [-0.1, -0.05) is 11.6 Å². The van der Waals surface area contributed by atoms with Crippen LogP contribution in [-0.2, 0) is 6.54 Å². The minimum absolute atomic E-state index is 0.559. The van der Waals surface area contributed by atoms with Crippen LogP contribution in [0.3, 0.4) is 0 Å². The molecule has 0 saturated heterocycles. The number of aliphatic hydroxyl groups excluding tert-OH is 1. The van der Waals surface area contributed by atoms with Crippen LogP contribution in [0.5, 0.6) is 0 Å². The SMILES string of the molecule is CCn1c(C(C)O)nc2cc(Cl)ccc21. The number of aryl methyl sites for hydroxylation is 1. The van der Waals surface area contributed by atoms with E-state index in [2.05, 4.69) is 4.98 Å². The quantitative estimate of drug-likeness (QED) is 0.852. The fourth-order valence-electron chi connectivity index (χ4n) is 1.77. The third kappa shape index (κ3) is 1.73. The van der Waals surface area contributed by atoms with E-state index < -0.39 is 6.10 Å². The van der Waals surface area contributed by atoms with Crippen LogP contribution in [0, 0.1) is 0 Å². The summed E-state index contributed by atoms with van der Waals surface area (Å²) in [6.45, 7) is 4.54. The molecule has 0 radical (unpaired) electrons. The highest BCUT2D eigenvalue weighted by molar-refractivity contribution is 6.31. The Labute approximate surface area is 93.3 Å². The molecule has 4 heteroatoms. The van der Waals surface area contributed by atoms with Gasteiger partial charge in [0.2, 0.25) is 0 Å². The summed E-state index contributed by atoms with van der Waals surface area (Å²) in [4.78, 5) is 4.37. The smallest absolute Gasteiger partial charge is 0.138 e. The fourth-order valence-corrected chi connectivity index (χ4v) is 1.94. The molecule has 0 saturated carbocycles. The first kappa shape index (κ1) is 10.5. The average Bonchev–Trinajstić information content (AvgIpc) is 2.55. The molecule has 2 rings (SSSR count). The highest BCUT2D eigenvalue weighted by Gasteiger charge is 2.13. The van der Waals surface area contributed by atoms with Crippen molar-refractivity contribution in [3.8, 4) is 0 Å². The standard InChI is InChI=1S/C11H13ClN2O/c1-3-14-10-5-4-8(12)6-9(10)13-11(14)7(2)15/h4-7,15H,3H2,1-2H3. The highest BCUT2D eigenvalue weighted by atomic mass is 35.5. The first-order valence-corrected chi connectivity index (χ1v) is 5.35. The van der Waals surface area contributed by atoms with Crippen LogP contribution in [-0.4, -0.2) is 14.7 Å². The number of fused-ring (bicyclic) bond motifs is 1. The lowest BCUT2D eigenvalue weighted by Crippen LogP contribution is -2.04. The molecule has 0 bridgehead atoms. The molecule has 1 atom stereocenters. The molecule has 1 N–H and O–H groups in total. The van der Waals surface area contributed by atoms with Crippen molar-refractivity contribution in [2.45, 2.75) is 26.5 Å². The van der Waals surface area contributed by atoms with Gasteiger partial charge in [-0.25, -0.2) is 4.98 Å². The Hall–Kier alpha value is -1.06. The van der Waals surface area contributed by atoms with E-state index in [-0.39, 0.29) is 0 Å². The third-order valence-corrected chi connectivity index (χ3v) is 2.66. The van der Waals surface area contributed by atoms with E-state index in [0.29, 0.717) is 10.8 Å². The zero-order valence-electron chi connectivity index (χ0n) is 8.74. The monoisotopic (exact) mass is 224 g/mol. The van der Waals surface area contributed by atoms with Crippen molar-refractivity contribution >= 4 is 22.6 Å². The van der Waals surface area contributed by atoms with Crippen molar-refractivity contribution < 1.29 is 5.11 Å². The molecular weight excluding hydrogens is 212 g/mol. The number of aromatic nitrogens is 2. The first-order valence-electron chi connectivity index (χ1n) is 4.97. The van der Waals surface area contributed by atoms with E-state index in [4.69, 9.17) is 11.6 Å². The van der Waals surface area contributed by atoms with Crippen molar-refractivity contribution in [1.82, 2.24) is 9.55 Å². The second-order valence-electron chi connectivity index (χ2n) is 3.52. The average molecular weight is 225 g/mol. The molecule has 1 heterocycles. The van der Waals surface area contributed by atoms with E-state index >= 15 is 0 Å². The summed E-state index contributed by atoms with van der Waals surface area (Å²) >= 11 is 5.89. The topological polar surface area (TPSA) is 38.0 Å². The van der Waals surface area contributed by atoms with Gasteiger partial charge in [-0.05, 0) is 32.0 Å². The Morgan fingerprint density at radius 1 is 1.53 bits per heavy atom. The molecule has 15 heavy (non-hydrogen) atoms. The molecule has 0 aliphatic heterocycles. The largest absolute Gasteiger partial charge is 0.385 e. The number of nitrogens with zero attached hydrogens (tertiary/aromatic N) is 2. The highest BCUT2D eigenvalue weighted by Crippen LogP contribution is 2.23. The molecule has 0 aliphatic rings. The first-order chi connectivity index (χ1) is 7.13. The van der Waals surface area contributed by atoms with Crippen molar-refractivity contribution in [2.24, 2.45) is 0 Å². The van der Waals surface area contributed by atoms with Crippen LogP contribution in [0.25, 0.3) is 11.0 Å². The Kier molecular flexibility index (Phi) is 2.67. The van der Waals surface area contributed by atoms with E-state index in [0.717, 1.165) is 17.6 Å². The molecule has 2 aromatic rings. The maximum Gasteiger partial charge on any atom is 0.138 e. The maximum atomic E-state index is 9.59. The van der Waals surface area contributed by atoms with Crippen LogP contribution in [0.4, 0.5) is 0 Å². The summed E-state index contributed by atoms with van der Waals surface area (Å²) in [5.41, 5.74) is 1.85. The number of benzene rings is 1. The summed E-state index contributed by atoms with van der Waals surface area (Å²) in [7, 11) is 0. The van der Waals surface area contributed by atoms with Gasteiger partial charge in [0, 0.05) is 11.6 Å². The van der Waals surface area contributed by atoms with Crippen molar-refractivity contribution in [3.63, 3.8) is 0 Å². The Balaban J connectivity index is 2.73. The lowest BCUT2D eigenvalue weighted by Gasteiger charge is -2.07. The number of aliphatic hydroxyl groups is 1. The molecule has 0 spiro atoms. The molecule has 80 valence electrons. The van der Waals surface area contributed by atoms with Crippen LogP contribution in [0.2, 0.25) is 5.02 Å². The number of halogens is 1. The number of rotatable bonds is 2. The van der Waals surface area contributed by atoms with Gasteiger partial charge in [0.15, 0.2) is 0 Å². The number of hydrogen-bond acceptors (Lipinski definition) is 2. The van der Waals surface area contributed by atoms with Crippen LogP contribution in [0.15, 0.2) is 18.2 Å². The van der Waals surface area contributed by atoms with Gasteiger partial charge in [-0.2, -0.15) is 0 Å². The van der Waals surface area contributed by atoms with Crippen LogP contribution in [0.1, 0.15) is 25.8 Å². The molecule has 1 aromatic carbocycles. The summed E-state index contributed by atoms with van der Waals surface area (Å²) in [5.74, 6) is 0.690. The second kappa shape index (κ2) is 3.83. The second-order valence-corrected chi connectivity index (χ2v) is 3.96. The Morgan fingerprint density at radius 2 is 2.27 bits per heavy atom. The molecule has 0 fully saturated rings. The van der Waals surface area contributed by atoms with Crippen molar-refractivity contribution in [2.75, 3.05) is 0 Å². The van der Waals surface area contributed by atoms with Gasteiger partial charge >= 0.3 is 0 Å². The summed E-state index contributed by atoms with van der Waals surface area (Å²) in [5, 5.41) is 10.3. The molecule has 1 unspecified atom stereocenters. The predicted molar refractivity (Wildman–Crippen MR) is 61.1 cm³/mol. The van der Waals surface area contributed by atoms with Gasteiger partial charge in [0.1, 0.15) is 11.9 Å². The molecule has 0 aliphatic carbocycles. The Morgan fingerprint density at radius 3 is 2.87 bits per heavy atom. The lowest BCUT2D eigenvalue weighted by molar-refractivity contribution is 0.184. The van der Waals surface area contributed by atoms with E-state index in [1.807, 2.05) is 29.7 Å². The molecule has 1 aromatic heterocycles. The predicted octanol–water partition coefficient (Wildman–Crippen LogP) is 2.76. The van der Waals surface area contributed by atoms with Gasteiger partial charge in [-0.15, -0.1) is 0 Å². The molecule has 3 nitrogen and oxygen atoms in total. The van der Waals surface area contributed by atoms with Crippen LogP contribution >= 0.6 is 11.6 Å². The van der Waals surface area contributed by atoms with Crippen molar-refractivity contribution in [1.29, 1.82) is 0 Å². The summed E-state index contributed by atoms with van der Waals surface area (Å²) in [6.07, 6.45) is -0.559. The van der Waals surface area contributed by atoms with Gasteiger partial charge in [0.25, 0.3) is 0 Å². The number of imidazole rings is 1. The van der Waals surface area contributed by atoms with E-state index in [1.54, 1.807) is 6.92 Å². The molecular formula is C11H13ClN2O. The van der Waals surface area contributed by atoms with Gasteiger partial charge in [-0.3, -0.25) is 0 Å². The normalized spacial score (nSPS) is 13.3. The van der Waals surface area contributed by atoms with Gasteiger partial charge in [0.05, 0.1) is 11.0 Å². The zero-order chi connectivity index (χ0) is 11.0. The maximum absolute atomic E-state index is 9.59. The fraction of sp³-hybridized carbons (Fsp3) is 0.364. The van der Waals surface area contributed by atoms with E-state index in [1.165, 1.54) is 0 Å². The van der Waals surface area contributed by atoms with Crippen molar-refractivity contribution in [3.05, 3.63) is 29.0 Å². The minimum Gasteiger partial charge on any atom is -0.385 e. The van der Waals surface area contributed by atoms with Gasteiger partial charge < -0.3 is 9.67 Å². The van der Waals surface area contributed by atoms with E-state index in [9.17, 15) is 5.11 Å². The summed E-state index contributed by atoms with van der Waals surface area (Å²) in [6, 6.07) is 5.58. The third-order valence-electron chi connectivity index (χ3n) is 2.43. The Bertz CT molecular complexity index is 491.